The predicted octanol–water partition coefficient (Wildman–Crippen LogP) is 2.77. The van der Waals surface area contributed by atoms with Crippen LogP contribution in [0.25, 0.3) is 0 Å². The summed E-state index contributed by atoms with van der Waals surface area (Å²) in [4.78, 5) is 0.512. The summed E-state index contributed by atoms with van der Waals surface area (Å²) in [6.07, 6.45) is 0. The molecule has 0 radical (unpaired) electrons. The van der Waals surface area contributed by atoms with Gasteiger partial charge in [-0.25, -0.2) is 8.99 Å². The van der Waals surface area contributed by atoms with Crippen molar-refractivity contribution in [2.24, 2.45) is 0 Å². The number of hydrogen-bond acceptors (Lipinski definition) is 2. The van der Waals surface area contributed by atoms with E-state index in [9.17, 15) is 4.21 Å². The highest BCUT2D eigenvalue weighted by Crippen LogP contribution is 2.16. The third-order valence-electron chi connectivity index (χ3n) is 1.58. The molecule has 1 aromatic rings. The minimum absolute atomic E-state index is 0.327. The maximum atomic E-state index is 11.5. The van der Waals surface area contributed by atoms with Crippen molar-refractivity contribution in [1.29, 1.82) is 4.78 Å². The van der Waals surface area contributed by atoms with Crippen molar-refractivity contribution < 1.29 is 4.21 Å². The first-order valence-corrected chi connectivity index (χ1v) is 5.69. The minimum Gasteiger partial charge on any atom is -0.249 e. The van der Waals surface area contributed by atoms with Crippen LogP contribution >= 0.6 is 11.6 Å². The van der Waals surface area contributed by atoms with Crippen molar-refractivity contribution in [2.45, 2.75) is 11.8 Å². The standard InChI is InChI=1S/C8H10ClNOS/c1-2-12(10,11)8-5-3-4-7(9)6-8/h3-6,10H,2H2,1H3/t12-/m0/s1. The molecule has 0 aliphatic heterocycles. The molecule has 0 spiro atoms. The Bertz CT molecular complexity index is 372. The number of benzene rings is 1. The minimum atomic E-state index is -2.61. The molecule has 0 saturated carbocycles. The number of nitrogens with one attached hydrogen (secondary N) is 1. The fourth-order valence-corrected chi connectivity index (χ4v) is 2.04. The van der Waals surface area contributed by atoms with Crippen LogP contribution in [0.5, 0.6) is 0 Å². The molecular formula is C8H10ClNOS. The number of halogens is 1. The Hall–Kier alpha value is -0.540. The predicted molar refractivity (Wildman–Crippen MR) is 51.1 cm³/mol. The van der Waals surface area contributed by atoms with Gasteiger partial charge in [-0.2, -0.15) is 0 Å². The first-order valence-electron chi connectivity index (χ1n) is 3.58. The average molecular weight is 204 g/mol. The Balaban J connectivity index is 3.21. The van der Waals surface area contributed by atoms with Crippen LogP contribution in [-0.4, -0.2) is 9.96 Å². The molecule has 0 amide bonds. The van der Waals surface area contributed by atoms with Crippen molar-refractivity contribution in [3.63, 3.8) is 0 Å². The van der Waals surface area contributed by atoms with E-state index in [1.807, 2.05) is 0 Å². The smallest absolute Gasteiger partial charge is 0.0723 e. The fraction of sp³-hybridized carbons (Fsp3) is 0.250. The van der Waals surface area contributed by atoms with Gasteiger partial charge in [-0.3, -0.25) is 0 Å². The third-order valence-corrected chi connectivity index (χ3v) is 3.65. The van der Waals surface area contributed by atoms with Gasteiger partial charge in [0.1, 0.15) is 0 Å². The second-order valence-electron chi connectivity index (χ2n) is 2.42. The number of rotatable bonds is 2. The van der Waals surface area contributed by atoms with Gasteiger partial charge in [-0.15, -0.1) is 0 Å². The zero-order valence-electron chi connectivity index (χ0n) is 6.71. The summed E-state index contributed by atoms with van der Waals surface area (Å²) >= 11 is 5.70. The van der Waals surface area contributed by atoms with Crippen LogP contribution in [0.3, 0.4) is 0 Å². The normalized spacial score (nSPS) is 15.5. The van der Waals surface area contributed by atoms with Gasteiger partial charge in [-0.05, 0) is 18.2 Å². The monoisotopic (exact) mass is 203 g/mol. The largest absolute Gasteiger partial charge is 0.249 e. The molecule has 0 heterocycles. The molecule has 0 aromatic heterocycles. The molecule has 1 rings (SSSR count). The zero-order chi connectivity index (χ0) is 9.19. The summed E-state index contributed by atoms with van der Waals surface area (Å²) in [6, 6.07) is 6.67. The molecule has 4 heteroatoms. The molecule has 0 bridgehead atoms. The second-order valence-corrected chi connectivity index (χ2v) is 5.26. The molecule has 0 saturated heterocycles. The molecule has 0 aliphatic carbocycles. The van der Waals surface area contributed by atoms with Gasteiger partial charge in [0.2, 0.25) is 0 Å². The van der Waals surface area contributed by atoms with Crippen LogP contribution in [0.2, 0.25) is 5.02 Å². The van der Waals surface area contributed by atoms with Gasteiger partial charge in [-0.1, -0.05) is 24.6 Å². The van der Waals surface area contributed by atoms with Gasteiger partial charge in [0.15, 0.2) is 0 Å². The van der Waals surface area contributed by atoms with E-state index >= 15 is 0 Å². The lowest BCUT2D eigenvalue weighted by atomic mass is 10.4. The topological polar surface area (TPSA) is 40.9 Å². The van der Waals surface area contributed by atoms with E-state index in [1.165, 1.54) is 0 Å². The van der Waals surface area contributed by atoms with E-state index in [2.05, 4.69) is 0 Å². The first kappa shape index (κ1) is 9.55. The highest BCUT2D eigenvalue weighted by Gasteiger charge is 2.06. The molecule has 12 heavy (non-hydrogen) atoms. The van der Waals surface area contributed by atoms with Gasteiger partial charge in [0, 0.05) is 15.7 Å². The highest BCUT2D eigenvalue weighted by atomic mass is 35.5. The van der Waals surface area contributed by atoms with E-state index in [0.29, 0.717) is 15.7 Å². The van der Waals surface area contributed by atoms with Gasteiger partial charge < -0.3 is 0 Å². The first-order chi connectivity index (χ1) is 5.56. The van der Waals surface area contributed by atoms with Crippen molar-refractivity contribution in [3.05, 3.63) is 29.3 Å². The molecule has 1 N–H and O–H groups in total. The summed E-state index contributed by atoms with van der Waals surface area (Å²) in [6.45, 7) is 1.73. The summed E-state index contributed by atoms with van der Waals surface area (Å²) in [7, 11) is -2.61. The van der Waals surface area contributed by atoms with Crippen LogP contribution in [-0.2, 0) is 9.73 Å². The van der Waals surface area contributed by atoms with E-state index in [-0.39, 0.29) is 0 Å². The van der Waals surface area contributed by atoms with E-state index in [4.69, 9.17) is 16.4 Å². The molecule has 0 aliphatic rings. The Morgan fingerprint density at radius 3 is 2.75 bits per heavy atom. The third kappa shape index (κ3) is 1.99. The number of hydrogen-bond donors (Lipinski definition) is 1. The maximum Gasteiger partial charge on any atom is 0.0723 e. The van der Waals surface area contributed by atoms with Crippen LogP contribution in [0.15, 0.2) is 29.2 Å². The van der Waals surface area contributed by atoms with Crippen molar-refractivity contribution in [3.8, 4) is 0 Å². The zero-order valence-corrected chi connectivity index (χ0v) is 8.28. The lowest BCUT2D eigenvalue weighted by molar-refractivity contribution is 0.675. The van der Waals surface area contributed by atoms with Crippen molar-refractivity contribution in [2.75, 3.05) is 5.75 Å². The van der Waals surface area contributed by atoms with Gasteiger partial charge in [0.05, 0.1) is 9.73 Å². The Morgan fingerprint density at radius 2 is 2.25 bits per heavy atom. The van der Waals surface area contributed by atoms with Crippen LogP contribution < -0.4 is 0 Å². The summed E-state index contributed by atoms with van der Waals surface area (Å²) in [5.41, 5.74) is 0. The van der Waals surface area contributed by atoms with E-state index in [0.717, 1.165) is 0 Å². The SMILES string of the molecule is CC[S@](=N)(=O)c1cccc(Cl)c1. The maximum absolute atomic E-state index is 11.5. The Labute approximate surface area is 77.5 Å². The molecule has 0 unspecified atom stereocenters. The van der Waals surface area contributed by atoms with Crippen LogP contribution in [0.4, 0.5) is 0 Å². The van der Waals surface area contributed by atoms with Gasteiger partial charge in [0.25, 0.3) is 0 Å². The van der Waals surface area contributed by atoms with Crippen molar-refractivity contribution in [1.82, 2.24) is 0 Å². The molecule has 1 atom stereocenters. The average Bonchev–Trinajstić information content (AvgIpc) is 2.05. The van der Waals surface area contributed by atoms with Crippen LogP contribution in [0.1, 0.15) is 6.92 Å². The van der Waals surface area contributed by atoms with Gasteiger partial charge >= 0.3 is 0 Å². The molecule has 0 fully saturated rings. The van der Waals surface area contributed by atoms with Crippen molar-refractivity contribution >= 4 is 21.3 Å². The Morgan fingerprint density at radius 1 is 1.58 bits per heavy atom. The van der Waals surface area contributed by atoms with E-state index < -0.39 is 9.73 Å². The Kier molecular flexibility index (Phi) is 2.75. The van der Waals surface area contributed by atoms with E-state index in [1.54, 1.807) is 31.2 Å². The molecular weight excluding hydrogens is 194 g/mol. The highest BCUT2D eigenvalue weighted by molar-refractivity contribution is 7.92. The molecule has 66 valence electrons. The molecule has 2 nitrogen and oxygen atoms in total. The summed E-state index contributed by atoms with van der Waals surface area (Å²) < 4.78 is 19.0. The summed E-state index contributed by atoms with van der Waals surface area (Å²) in [5, 5.41) is 0.529. The summed E-state index contributed by atoms with van der Waals surface area (Å²) in [5.74, 6) is 0.327. The quantitative estimate of drug-likeness (QED) is 0.789. The lowest BCUT2D eigenvalue weighted by Crippen LogP contribution is -2.00. The fourth-order valence-electron chi connectivity index (χ4n) is 0.839. The second kappa shape index (κ2) is 3.46. The molecule has 1 aromatic carbocycles. The lowest BCUT2D eigenvalue weighted by Gasteiger charge is -2.03. The van der Waals surface area contributed by atoms with Crippen LogP contribution in [0, 0.1) is 4.78 Å².